The van der Waals surface area contributed by atoms with Crippen LogP contribution in [-0.2, 0) is 0 Å². The van der Waals surface area contributed by atoms with Crippen molar-refractivity contribution in [3.8, 4) is 5.69 Å². The van der Waals surface area contributed by atoms with Gasteiger partial charge < -0.3 is 10.2 Å². The molecule has 26 heavy (non-hydrogen) atoms. The molecule has 0 saturated carbocycles. The van der Waals surface area contributed by atoms with Crippen LogP contribution in [-0.4, -0.2) is 50.7 Å². The summed E-state index contributed by atoms with van der Waals surface area (Å²) < 4.78 is 1.81. The van der Waals surface area contributed by atoms with Crippen molar-refractivity contribution < 1.29 is 4.79 Å². The molecule has 2 aromatic rings. The van der Waals surface area contributed by atoms with Gasteiger partial charge in [-0.05, 0) is 50.3 Å². The van der Waals surface area contributed by atoms with E-state index in [1.165, 1.54) is 12.0 Å². The predicted molar refractivity (Wildman–Crippen MR) is 101 cm³/mol. The monoisotopic (exact) mass is 353 g/mol. The molecule has 1 aromatic carbocycles. The van der Waals surface area contributed by atoms with Gasteiger partial charge in [-0.1, -0.05) is 32.0 Å². The SMILES string of the molecule is Cc1nc(C(=O)N2CCC3(CCCN3)C2)nn1-c1ccccc1C(C)C. The summed E-state index contributed by atoms with van der Waals surface area (Å²) in [7, 11) is 0. The molecular weight excluding hydrogens is 326 g/mol. The zero-order chi connectivity index (χ0) is 18.3. The van der Waals surface area contributed by atoms with Crippen LogP contribution in [0.5, 0.6) is 0 Å². The van der Waals surface area contributed by atoms with Gasteiger partial charge in [0.15, 0.2) is 0 Å². The topological polar surface area (TPSA) is 63.1 Å². The first-order valence-corrected chi connectivity index (χ1v) is 9.56. The second-order valence-electron chi connectivity index (χ2n) is 7.90. The number of benzene rings is 1. The summed E-state index contributed by atoms with van der Waals surface area (Å²) in [5.41, 5.74) is 2.33. The van der Waals surface area contributed by atoms with Gasteiger partial charge in [0.1, 0.15) is 5.82 Å². The molecule has 1 amide bonds. The van der Waals surface area contributed by atoms with E-state index in [1.54, 1.807) is 0 Å². The van der Waals surface area contributed by atoms with E-state index in [9.17, 15) is 4.79 Å². The number of hydrogen-bond donors (Lipinski definition) is 1. The minimum Gasteiger partial charge on any atom is -0.334 e. The van der Waals surface area contributed by atoms with Gasteiger partial charge in [-0.15, -0.1) is 5.10 Å². The summed E-state index contributed by atoms with van der Waals surface area (Å²) in [6.07, 6.45) is 3.37. The van der Waals surface area contributed by atoms with Crippen molar-refractivity contribution in [1.82, 2.24) is 25.0 Å². The number of nitrogens with zero attached hydrogens (tertiary/aromatic N) is 4. The van der Waals surface area contributed by atoms with Gasteiger partial charge in [0, 0.05) is 18.6 Å². The zero-order valence-electron chi connectivity index (χ0n) is 15.8. The lowest BCUT2D eigenvalue weighted by Crippen LogP contribution is -2.43. The highest BCUT2D eigenvalue weighted by Crippen LogP contribution is 2.30. The highest BCUT2D eigenvalue weighted by molar-refractivity contribution is 5.90. The standard InChI is InChI=1S/C20H27N5O/c1-14(2)16-7-4-5-8-17(16)25-15(3)22-18(23-25)19(26)24-12-10-20(13-24)9-6-11-21-20/h4-5,7-8,14,21H,6,9-13H2,1-3H3. The number of para-hydroxylation sites is 1. The smallest absolute Gasteiger partial charge is 0.293 e. The number of carbonyl (C=O) groups is 1. The largest absolute Gasteiger partial charge is 0.334 e. The Morgan fingerprint density at radius 2 is 2.08 bits per heavy atom. The highest BCUT2D eigenvalue weighted by Gasteiger charge is 2.42. The maximum atomic E-state index is 13.0. The Morgan fingerprint density at radius 1 is 1.27 bits per heavy atom. The van der Waals surface area contributed by atoms with E-state index in [0.717, 1.165) is 44.0 Å². The third kappa shape index (κ3) is 2.92. The van der Waals surface area contributed by atoms with Crippen LogP contribution in [0.25, 0.3) is 5.69 Å². The summed E-state index contributed by atoms with van der Waals surface area (Å²) in [6.45, 7) is 8.83. The van der Waals surface area contributed by atoms with Crippen molar-refractivity contribution in [2.75, 3.05) is 19.6 Å². The van der Waals surface area contributed by atoms with Crippen LogP contribution in [0.3, 0.4) is 0 Å². The molecule has 6 nitrogen and oxygen atoms in total. The van der Waals surface area contributed by atoms with Crippen LogP contribution >= 0.6 is 0 Å². The number of nitrogens with one attached hydrogen (secondary N) is 1. The van der Waals surface area contributed by atoms with E-state index in [4.69, 9.17) is 0 Å². The fourth-order valence-corrected chi connectivity index (χ4v) is 4.28. The molecule has 2 aliphatic rings. The molecule has 1 unspecified atom stereocenters. The first-order valence-electron chi connectivity index (χ1n) is 9.56. The first-order chi connectivity index (χ1) is 12.5. The summed E-state index contributed by atoms with van der Waals surface area (Å²) in [6, 6.07) is 8.19. The van der Waals surface area contributed by atoms with Gasteiger partial charge in [-0.25, -0.2) is 9.67 Å². The third-order valence-electron chi connectivity index (χ3n) is 5.72. The van der Waals surface area contributed by atoms with Gasteiger partial charge in [-0.3, -0.25) is 4.79 Å². The number of aromatic nitrogens is 3. The number of likely N-dealkylation sites (tertiary alicyclic amines) is 1. The summed E-state index contributed by atoms with van der Waals surface area (Å²) in [5, 5.41) is 8.17. The Balaban J connectivity index is 1.60. The minimum absolute atomic E-state index is 0.0561. The van der Waals surface area contributed by atoms with E-state index >= 15 is 0 Å². The van der Waals surface area contributed by atoms with Gasteiger partial charge in [0.25, 0.3) is 5.91 Å². The lowest BCUT2D eigenvalue weighted by molar-refractivity contribution is 0.0769. The molecule has 4 rings (SSSR count). The van der Waals surface area contributed by atoms with Crippen molar-refractivity contribution in [3.05, 3.63) is 41.5 Å². The van der Waals surface area contributed by atoms with E-state index in [1.807, 2.05) is 34.7 Å². The first kappa shape index (κ1) is 17.2. The van der Waals surface area contributed by atoms with Gasteiger partial charge in [-0.2, -0.15) is 0 Å². The van der Waals surface area contributed by atoms with Gasteiger partial charge in [0.2, 0.25) is 5.82 Å². The highest BCUT2D eigenvalue weighted by atomic mass is 16.2. The Morgan fingerprint density at radius 3 is 2.81 bits per heavy atom. The Kier molecular flexibility index (Phi) is 4.31. The van der Waals surface area contributed by atoms with E-state index in [2.05, 4.69) is 35.3 Å². The number of carbonyl (C=O) groups excluding carboxylic acids is 1. The molecule has 1 aromatic heterocycles. The lowest BCUT2D eigenvalue weighted by Gasteiger charge is -2.23. The molecule has 0 aliphatic carbocycles. The summed E-state index contributed by atoms with van der Waals surface area (Å²) in [4.78, 5) is 19.4. The van der Waals surface area contributed by atoms with Crippen molar-refractivity contribution in [2.24, 2.45) is 0 Å². The van der Waals surface area contributed by atoms with Crippen LogP contribution < -0.4 is 5.32 Å². The Labute approximate surface area is 154 Å². The fourth-order valence-electron chi connectivity index (χ4n) is 4.28. The van der Waals surface area contributed by atoms with Crippen LogP contribution in [0, 0.1) is 6.92 Å². The molecule has 2 saturated heterocycles. The van der Waals surface area contributed by atoms with Crippen LogP contribution in [0.1, 0.15) is 61.0 Å². The molecule has 1 spiro atoms. The molecule has 0 bridgehead atoms. The molecule has 138 valence electrons. The van der Waals surface area contributed by atoms with Crippen LogP contribution in [0.2, 0.25) is 0 Å². The molecule has 6 heteroatoms. The maximum absolute atomic E-state index is 13.0. The van der Waals surface area contributed by atoms with Crippen molar-refractivity contribution in [1.29, 1.82) is 0 Å². The number of rotatable bonds is 3. The Hall–Kier alpha value is -2.21. The minimum atomic E-state index is -0.0561. The van der Waals surface area contributed by atoms with E-state index in [-0.39, 0.29) is 11.4 Å². The molecule has 0 radical (unpaired) electrons. The normalized spacial score (nSPS) is 22.7. The zero-order valence-corrected chi connectivity index (χ0v) is 15.8. The van der Waals surface area contributed by atoms with Gasteiger partial charge >= 0.3 is 0 Å². The lowest BCUT2D eigenvalue weighted by atomic mass is 9.97. The summed E-state index contributed by atoms with van der Waals surface area (Å²) >= 11 is 0. The van der Waals surface area contributed by atoms with Crippen molar-refractivity contribution in [2.45, 2.75) is 51.5 Å². The quantitative estimate of drug-likeness (QED) is 0.921. The van der Waals surface area contributed by atoms with Crippen molar-refractivity contribution >= 4 is 5.91 Å². The third-order valence-corrected chi connectivity index (χ3v) is 5.72. The molecule has 1 atom stereocenters. The molecule has 1 N–H and O–H groups in total. The fraction of sp³-hybridized carbons (Fsp3) is 0.550. The number of amides is 1. The van der Waals surface area contributed by atoms with Crippen LogP contribution in [0.15, 0.2) is 24.3 Å². The average molecular weight is 353 g/mol. The average Bonchev–Trinajstić information content (AvgIpc) is 3.36. The Bertz CT molecular complexity index is 819. The number of aryl methyl sites for hydroxylation is 1. The van der Waals surface area contributed by atoms with E-state index in [0.29, 0.717) is 11.7 Å². The second kappa shape index (κ2) is 6.50. The number of hydrogen-bond acceptors (Lipinski definition) is 4. The van der Waals surface area contributed by atoms with E-state index < -0.39 is 0 Å². The van der Waals surface area contributed by atoms with Crippen LogP contribution in [0.4, 0.5) is 0 Å². The van der Waals surface area contributed by atoms with Crippen molar-refractivity contribution in [3.63, 3.8) is 0 Å². The maximum Gasteiger partial charge on any atom is 0.293 e. The molecule has 3 heterocycles. The predicted octanol–water partition coefficient (Wildman–Crippen LogP) is 2.67. The second-order valence-corrected chi connectivity index (χ2v) is 7.90. The molecule has 2 fully saturated rings. The molecule has 2 aliphatic heterocycles. The van der Waals surface area contributed by atoms with Gasteiger partial charge in [0.05, 0.1) is 5.69 Å². The summed E-state index contributed by atoms with van der Waals surface area (Å²) in [5.74, 6) is 1.37. The molecular formula is C20H27N5O.